The first-order valence-corrected chi connectivity index (χ1v) is 4.18. The van der Waals surface area contributed by atoms with Gasteiger partial charge in [0.2, 0.25) is 0 Å². The molecule has 0 spiro atoms. The van der Waals surface area contributed by atoms with Crippen molar-refractivity contribution in [3.8, 4) is 0 Å². The Hall–Kier alpha value is -0.730. The van der Waals surface area contributed by atoms with Crippen LogP contribution in [-0.4, -0.2) is 41.0 Å². The van der Waals surface area contributed by atoms with Crippen LogP contribution in [0.1, 0.15) is 13.8 Å². The summed E-state index contributed by atoms with van der Waals surface area (Å²) in [6, 6.07) is -0.672. The fourth-order valence-electron chi connectivity index (χ4n) is 0.630. The smallest absolute Gasteiger partial charge is 0.323 e. The molecule has 0 saturated carbocycles. The molecule has 0 amide bonds. The lowest BCUT2D eigenvalue weighted by molar-refractivity contribution is -0.493. The van der Waals surface area contributed by atoms with Gasteiger partial charge >= 0.3 is 5.97 Å². The summed E-state index contributed by atoms with van der Waals surface area (Å²) >= 11 is 0. The Bertz CT molecular complexity index is 173. The minimum Gasteiger partial charge on any atom is -0.462 e. The molecular weight excluding hydrogens is 192 g/mol. The highest BCUT2D eigenvalue weighted by Crippen LogP contribution is 2.00. The predicted octanol–water partition coefficient (Wildman–Crippen LogP) is -0.475. The quantitative estimate of drug-likeness (QED) is 0.307. The second-order valence-corrected chi connectivity index (χ2v) is 3.02. The van der Waals surface area contributed by atoms with Crippen LogP contribution < -0.4 is 5.73 Å². The summed E-state index contributed by atoms with van der Waals surface area (Å²) in [5, 5.41) is 15.8. The third-order valence-corrected chi connectivity index (χ3v) is 1.52. The highest BCUT2D eigenvalue weighted by atomic mass is 17.1. The van der Waals surface area contributed by atoms with Gasteiger partial charge in [0.05, 0.1) is 5.39 Å². The Morgan fingerprint density at radius 3 is 2.43 bits per heavy atom. The number of hydrogen-bond acceptors (Lipinski definition) is 7. The Morgan fingerprint density at radius 2 is 2.00 bits per heavy atom. The summed E-state index contributed by atoms with van der Waals surface area (Å²) in [7, 11) is 0. The van der Waals surface area contributed by atoms with E-state index in [4.69, 9.17) is 16.1 Å². The SMILES string of the molecule is CC(C)C(N)C(=O)OCCON(O)O. The van der Waals surface area contributed by atoms with E-state index >= 15 is 0 Å². The normalized spacial score (nSPS) is 13.4. The number of rotatable bonds is 6. The summed E-state index contributed by atoms with van der Waals surface area (Å²) in [5.74, 6) is -0.540. The van der Waals surface area contributed by atoms with Crippen molar-refractivity contribution in [1.29, 1.82) is 0 Å². The third kappa shape index (κ3) is 5.84. The van der Waals surface area contributed by atoms with E-state index in [2.05, 4.69) is 9.57 Å². The fourth-order valence-corrected chi connectivity index (χ4v) is 0.630. The van der Waals surface area contributed by atoms with Gasteiger partial charge in [-0.1, -0.05) is 13.8 Å². The van der Waals surface area contributed by atoms with Gasteiger partial charge in [-0.15, -0.1) is 0 Å². The van der Waals surface area contributed by atoms with E-state index in [1.165, 1.54) is 0 Å². The van der Waals surface area contributed by atoms with E-state index in [9.17, 15) is 4.79 Å². The number of carbonyl (C=O) groups is 1. The van der Waals surface area contributed by atoms with Gasteiger partial charge in [-0.3, -0.25) is 15.2 Å². The molecule has 0 fully saturated rings. The molecule has 4 N–H and O–H groups in total. The average molecular weight is 208 g/mol. The summed E-state index contributed by atoms with van der Waals surface area (Å²) in [5.41, 5.74) is 5.48. The predicted molar refractivity (Wildman–Crippen MR) is 45.1 cm³/mol. The van der Waals surface area contributed by atoms with Crippen LogP contribution in [0.5, 0.6) is 0 Å². The molecule has 0 aliphatic rings. The van der Waals surface area contributed by atoms with E-state index in [0.29, 0.717) is 0 Å². The zero-order valence-electron chi connectivity index (χ0n) is 8.21. The van der Waals surface area contributed by atoms with E-state index in [-0.39, 0.29) is 19.1 Å². The van der Waals surface area contributed by atoms with Gasteiger partial charge in [-0.25, -0.2) is 4.84 Å². The number of nitrogens with two attached hydrogens (primary N) is 1. The van der Waals surface area contributed by atoms with Gasteiger partial charge in [0.1, 0.15) is 19.3 Å². The van der Waals surface area contributed by atoms with Gasteiger partial charge in [0.25, 0.3) is 0 Å². The second kappa shape index (κ2) is 6.68. The van der Waals surface area contributed by atoms with Crippen molar-refractivity contribution < 1.29 is 24.8 Å². The fraction of sp³-hybridized carbons (Fsp3) is 0.857. The molecule has 14 heavy (non-hydrogen) atoms. The van der Waals surface area contributed by atoms with Crippen LogP contribution in [0.25, 0.3) is 0 Å². The first kappa shape index (κ1) is 13.3. The Labute approximate surface area is 81.9 Å². The molecule has 0 saturated heterocycles. The topological polar surface area (TPSA) is 105 Å². The molecule has 0 heterocycles. The molecular formula is C7H16N2O5. The van der Waals surface area contributed by atoms with Crippen molar-refractivity contribution in [1.82, 2.24) is 5.39 Å². The Kier molecular flexibility index (Phi) is 6.34. The van der Waals surface area contributed by atoms with Crippen LogP contribution in [0.3, 0.4) is 0 Å². The number of carbonyl (C=O) groups excluding carboxylic acids is 1. The van der Waals surface area contributed by atoms with Gasteiger partial charge in [0, 0.05) is 0 Å². The minimum atomic E-state index is -0.672. The zero-order chi connectivity index (χ0) is 11.1. The van der Waals surface area contributed by atoms with Crippen molar-refractivity contribution in [2.45, 2.75) is 19.9 Å². The number of ether oxygens (including phenoxy) is 1. The standard InChI is InChI=1S/C7H16N2O5/c1-5(2)6(8)7(10)13-3-4-14-9(11)12/h5-6,11-12H,3-4,8H2,1-2H3. The number of hydrogen-bond donors (Lipinski definition) is 3. The summed E-state index contributed by atoms with van der Waals surface area (Å²) in [6.45, 7) is 3.36. The molecule has 0 aromatic rings. The highest BCUT2D eigenvalue weighted by molar-refractivity contribution is 5.75. The van der Waals surface area contributed by atoms with Crippen LogP contribution in [0.15, 0.2) is 0 Å². The Morgan fingerprint density at radius 1 is 1.43 bits per heavy atom. The molecule has 1 unspecified atom stereocenters. The molecule has 7 nitrogen and oxygen atoms in total. The highest BCUT2D eigenvalue weighted by Gasteiger charge is 2.18. The molecule has 0 rings (SSSR count). The van der Waals surface area contributed by atoms with Crippen molar-refractivity contribution in [3.63, 3.8) is 0 Å². The van der Waals surface area contributed by atoms with Gasteiger partial charge < -0.3 is 10.5 Å². The van der Waals surface area contributed by atoms with E-state index in [1.807, 2.05) is 0 Å². The molecule has 0 aliphatic carbocycles. The van der Waals surface area contributed by atoms with Crippen LogP contribution in [0.2, 0.25) is 0 Å². The summed E-state index contributed by atoms with van der Waals surface area (Å²) in [6.07, 6.45) is 0. The van der Waals surface area contributed by atoms with Crippen molar-refractivity contribution >= 4 is 5.97 Å². The maximum Gasteiger partial charge on any atom is 0.323 e. The second-order valence-electron chi connectivity index (χ2n) is 3.02. The van der Waals surface area contributed by atoms with Gasteiger partial charge in [-0.2, -0.15) is 0 Å². The number of nitrogens with zero attached hydrogens (tertiary/aromatic N) is 1. The molecule has 0 radical (unpaired) electrons. The maximum absolute atomic E-state index is 11.1. The number of esters is 1. The molecule has 7 heteroatoms. The largest absolute Gasteiger partial charge is 0.462 e. The molecule has 0 bridgehead atoms. The van der Waals surface area contributed by atoms with Gasteiger partial charge in [-0.05, 0) is 5.92 Å². The first-order valence-electron chi connectivity index (χ1n) is 4.18. The molecule has 84 valence electrons. The molecule has 0 aromatic heterocycles. The maximum atomic E-state index is 11.1. The minimum absolute atomic E-state index is 0.00407. The van der Waals surface area contributed by atoms with Crippen LogP contribution >= 0.6 is 0 Å². The lowest BCUT2D eigenvalue weighted by Gasteiger charge is -2.14. The van der Waals surface area contributed by atoms with Crippen molar-refractivity contribution in [2.75, 3.05) is 13.2 Å². The van der Waals surface area contributed by atoms with E-state index in [0.717, 1.165) is 0 Å². The van der Waals surface area contributed by atoms with Crippen molar-refractivity contribution in [2.24, 2.45) is 11.7 Å². The zero-order valence-corrected chi connectivity index (χ0v) is 8.21. The van der Waals surface area contributed by atoms with Crippen molar-refractivity contribution in [3.05, 3.63) is 0 Å². The lowest BCUT2D eigenvalue weighted by Crippen LogP contribution is -2.37. The molecule has 0 aliphatic heterocycles. The summed E-state index contributed by atoms with van der Waals surface area (Å²) in [4.78, 5) is 15.2. The van der Waals surface area contributed by atoms with Crippen LogP contribution in [0, 0.1) is 5.92 Å². The summed E-state index contributed by atoms with van der Waals surface area (Å²) < 4.78 is 4.68. The third-order valence-electron chi connectivity index (χ3n) is 1.52. The monoisotopic (exact) mass is 208 g/mol. The Balaban J connectivity index is 3.54. The average Bonchev–Trinajstić information content (AvgIpc) is 2.10. The first-order chi connectivity index (χ1) is 6.45. The van der Waals surface area contributed by atoms with E-state index in [1.54, 1.807) is 13.8 Å². The van der Waals surface area contributed by atoms with Crippen LogP contribution in [0.4, 0.5) is 0 Å². The van der Waals surface area contributed by atoms with Gasteiger partial charge in [0.15, 0.2) is 0 Å². The molecule has 1 atom stereocenters. The lowest BCUT2D eigenvalue weighted by atomic mass is 10.1. The van der Waals surface area contributed by atoms with Crippen LogP contribution in [-0.2, 0) is 14.4 Å². The van der Waals surface area contributed by atoms with E-state index < -0.39 is 17.4 Å². The molecule has 0 aromatic carbocycles.